The normalized spacial score (nSPS) is 11.7. The maximum atomic E-state index is 7.09. The van der Waals surface area contributed by atoms with Crippen molar-refractivity contribution in [3.05, 3.63) is 261 Å². The van der Waals surface area contributed by atoms with Gasteiger partial charge in [0.25, 0.3) is 0 Å². The van der Waals surface area contributed by atoms with E-state index in [1.807, 2.05) is 0 Å². The molecule has 0 amide bonds. The lowest BCUT2D eigenvalue weighted by Gasteiger charge is -2.29. The third kappa shape index (κ3) is 6.42. The van der Waals surface area contributed by atoms with Crippen molar-refractivity contribution in [1.29, 1.82) is 0 Å². The molecular formula is C68H43NO. The minimum Gasteiger partial charge on any atom is -0.455 e. The van der Waals surface area contributed by atoms with Gasteiger partial charge in [-0.2, -0.15) is 0 Å². The fraction of sp³-hybridized carbons (Fsp3) is 0. The molecule has 1 heterocycles. The molecule has 0 radical (unpaired) electrons. The zero-order chi connectivity index (χ0) is 46.1. The lowest BCUT2D eigenvalue weighted by atomic mass is 9.91. The van der Waals surface area contributed by atoms with Crippen LogP contribution in [0.15, 0.2) is 265 Å². The van der Waals surface area contributed by atoms with E-state index in [1.54, 1.807) is 0 Å². The minimum absolute atomic E-state index is 0.854. The van der Waals surface area contributed by atoms with Gasteiger partial charge in [0.2, 0.25) is 0 Å². The second kappa shape index (κ2) is 16.2. The highest BCUT2D eigenvalue weighted by Gasteiger charge is 2.25. The molecule has 0 atom stereocenters. The number of rotatable bonds is 7. The van der Waals surface area contributed by atoms with Gasteiger partial charge < -0.3 is 9.32 Å². The van der Waals surface area contributed by atoms with Crippen LogP contribution >= 0.6 is 0 Å². The van der Waals surface area contributed by atoms with E-state index in [9.17, 15) is 0 Å². The molecule has 0 N–H and O–H groups in total. The van der Waals surface area contributed by atoms with Gasteiger partial charge in [-0.05, 0) is 136 Å². The molecule has 0 saturated heterocycles. The van der Waals surface area contributed by atoms with Crippen molar-refractivity contribution in [3.63, 3.8) is 0 Å². The molecular weight excluding hydrogens is 847 g/mol. The Morgan fingerprint density at radius 1 is 0.257 bits per heavy atom. The summed E-state index contributed by atoms with van der Waals surface area (Å²) in [5.74, 6) is 0. The van der Waals surface area contributed by atoms with Crippen molar-refractivity contribution in [2.24, 2.45) is 0 Å². The van der Waals surface area contributed by atoms with Gasteiger partial charge in [0.1, 0.15) is 11.2 Å². The van der Waals surface area contributed by atoms with Crippen LogP contribution in [0.5, 0.6) is 0 Å². The summed E-state index contributed by atoms with van der Waals surface area (Å²) in [6, 6.07) is 95.0. The minimum atomic E-state index is 0.854. The van der Waals surface area contributed by atoms with E-state index in [0.29, 0.717) is 0 Å². The Kier molecular flexibility index (Phi) is 9.25. The second-order valence-electron chi connectivity index (χ2n) is 18.3. The average molecular weight is 890 g/mol. The molecule has 0 aliphatic heterocycles. The number of nitrogens with zero attached hydrogens (tertiary/aromatic N) is 1. The molecule has 2 nitrogen and oxygen atoms in total. The summed E-state index contributed by atoms with van der Waals surface area (Å²) < 4.78 is 7.09. The highest BCUT2D eigenvalue weighted by atomic mass is 16.3. The first-order chi connectivity index (χ1) is 34.7. The van der Waals surface area contributed by atoms with Gasteiger partial charge in [0.05, 0.1) is 16.8 Å². The monoisotopic (exact) mass is 889 g/mol. The van der Waals surface area contributed by atoms with Crippen LogP contribution in [0, 0.1) is 0 Å². The van der Waals surface area contributed by atoms with Crippen LogP contribution < -0.4 is 4.90 Å². The quantitative estimate of drug-likeness (QED) is 0.148. The van der Waals surface area contributed by atoms with Crippen LogP contribution in [0.2, 0.25) is 0 Å². The van der Waals surface area contributed by atoms with Gasteiger partial charge in [-0.1, -0.05) is 212 Å². The van der Waals surface area contributed by atoms with Crippen molar-refractivity contribution in [3.8, 4) is 44.5 Å². The van der Waals surface area contributed by atoms with E-state index >= 15 is 0 Å². The molecule has 0 bridgehead atoms. The maximum Gasteiger partial charge on any atom is 0.145 e. The molecule has 70 heavy (non-hydrogen) atoms. The van der Waals surface area contributed by atoms with Crippen LogP contribution in [0.1, 0.15) is 0 Å². The fourth-order valence-corrected chi connectivity index (χ4v) is 11.2. The number of hydrogen-bond acceptors (Lipinski definition) is 2. The van der Waals surface area contributed by atoms with E-state index in [0.717, 1.165) is 66.8 Å². The molecule has 0 saturated carbocycles. The molecule has 0 aliphatic rings. The number of anilines is 3. The zero-order valence-corrected chi connectivity index (χ0v) is 38.2. The second-order valence-corrected chi connectivity index (χ2v) is 18.3. The first-order valence-corrected chi connectivity index (χ1v) is 24.1. The summed E-state index contributed by atoms with van der Waals surface area (Å²) in [5, 5.41) is 14.6. The SMILES string of the molecule is c1ccc(-c2ccc(-c3ccc(N(c4ccccc4-c4ccc5c6ccccc6c6ccccc6c5c4)c4ccc(-c5cc6ccccc6c6ccccc56)c5oc6ccccc6c45)cc3)cc2)cc1. The number of hydrogen-bond donors (Lipinski definition) is 0. The molecule has 1 aromatic heterocycles. The van der Waals surface area contributed by atoms with Gasteiger partial charge in [0, 0.05) is 22.2 Å². The molecule has 0 spiro atoms. The predicted molar refractivity (Wildman–Crippen MR) is 298 cm³/mol. The Bertz CT molecular complexity index is 4300. The Morgan fingerprint density at radius 3 is 1.43 bits per heavy atom. The molecule has 14 rings (SSSR count). The highest BCUT2D eigenvalue weighted by molar-refractivity contribution is 6.26. The van der Waals surface area contributed by atoms with E-state index in [2.05, 4.69) is 266 Å². The molecule has 13 aromatic carbocycles. The number of fused-ring (bicyclic) bond motifs is 12. The van der Waals surface area contributed by atoms with E-state index in [1.165, 1.54) is 70.6 Å². The van der Waals surface area contributed by atoms with Crippen LogP contribution in [0.25, 0.3) is 120 Å². The molecule has 14 aromatic rings. The summed E-state index contributed by atoms with van der Waals surface area (Å²) in [5.41, 5.74) is 14.1. The van der Waals surface area contributed by atoms with Crippen LogP contribution in [0.3, 0.4) is 0 Å². The summed E-state index contributed by atoms with van der Waals surface area (Å²) in [7, 11) is 0. The van der Waals surface area contributed by atoms with Gasteiger partial charge in [0.15, 0.2) is 0 Å². The summed E-state index contributed by atoms with van der Waals surface area (Å²) in [6.07, 6.45) is 0. The predicted octanol–water partition coefficient (Wildman–Crippen LogP) is 19.5. The van der Waals surface area contributed by atoms with E-state index in [-0.39, 0.29) is 0 Å². The van der Waals surface area contributed by atoms with E-state index in [4.69, 9.17) is 4.42 Å². The molecule has 0 aliphatic carbocycles. The Labute approximate surface area is 405 Å². The van der Waals surface area contributed by atoms with Gasteiger partial charge in [-0.15, -0.1) is 0 Å². The molecule has 0 unspecified atom stereocenters. The first-order valence-electron chi connectivity index (χ1n) is 24.1. The Morgan fingerprint density at radius 2 is 0.743 bits per heavy atom. The Hall–Kier alpha value is -9.24. The summed E-state index contributed by atoms with van der Waals surface area (Å²) in [6.45, 7) is 0. The smallest absolute Gasteiger partial charge is 0.145 e. The van der Waals surface area contributed by atoms with E-state index < -0.39 is 0 Å². The molecule has 2 heteroatoms. The van der Waals surface area contributed by atoms with Crippen molar-refractivity contribution < 1.29 is 4.42 Å². The van der Waals surface area contributed by atoms with Crippen LogP contribution in [0.4, 0.5) is 17.1 Å². The van der Waals surface area contributed by atoms with Crippen molar-refractivity contribution in [2.45, 2.75) is 0 Å². The Balaban J connectivity index is 1.00. The number of benzene rings is 13. The lowest BCUT2D eigenvalue weighted by Crippen LogP contribution is -2.11. The number of furan rings is 1. The number of para-hydroxylation sites is 2. The zero-order valence-electron chi connectivity index (χ0n) is 38.2. The fourth-order valence-electron chi connectivity index (χ4n) is 11.2. The van der Waals surface area contributed by atoms with Gasteiger partial charge >= 0.3 is 0 Å². The van der Waals surface area contributed by atoms with Gasteiger partial charge in [-0.3, -0.25) is 0 Å². The standard InChI is InChI=1S/C68H43NO/c1-2-16-44(17-3-1)45-30-32-46(33-31-45)47-34-37-50(38-35-47)69(64-28-14-12-20-52(64)49-36-39-59-56-24-8-7-22-54(56)55-23-9-11-26-58(55)62(59)43-49)65-41-40-60(68-67(65)61-27-13-15-29-66(61)70-68)63-42-48-18-4-5-19-51(48)53-21-6-10-25-57(53)63/h1-43H. The topological polar surface area (TPSA) is 16.4 Å². The van der Waals surface area contributed by atoms with Crippen LogP contribution in [-0.2, 0) is 0 Å². The third-order valence-electron chi connectivity index (χ3n) is 14.5. The first kappa shape index (κ1) is 39.9. The van der Waals surface area contributed by atoms with Crippen molar-refractivity contribution in [1.82, 2.24) is 0 Å². The largest absolute Gasteiger partial charge is 0.455 e. The molecule has 326 valence electrons. The summed E-state index contributed by atoms with van der Waals surface area (Å²) in [4.78, 5) is 2.45. The highest BCUT2D eigenvalue weighted by Crippen LogP contribution is 2.50. The third-order valence-corrected chi connectivity index (χ3v) is 14.5. The maximum absolute atomic E-state index is 7.09. The van der Waals surface area contributed by atoms with Crippen molar-refractivity contribution in [2.75, 3.05) is 4.90 Å². The lowest BCUT2D eigenvalue weighted by molar-refractivity contribution is 0.670. The van der Waals surface area contributed by atoms with Crippen molar-refractivity contribution >= 4 is 92.9 Å². The molecule has 0 fully saturated rings. The summed E-state index contributed by atoms with van der Waals surface area (Å²) >= 11 is 0. The average Bonchev–Trinajstić information content (AvgIpc) is 3.84. The van der Waals surface area contributed by atoms with Gasteiger partial charge in [-0.25, -0.2) is 0 Å². The van der Waals surface area contributed by atoms with Crippen LogP contribution in [-0.4, -0.2) is 0 Å².